The summed E-state index contributed by atoms with van der Waals surface area (Å²) in [6.07, 6.45) is 1.57. The molecule has 0 spiro atoms. The molecular formula is C22H20ClN5O4. The second-order valence-electron chi connectivity index (χ2n) is 7.07. The van der Waals surface area contributed by atoms with Crippen molar-refractivity contribution in [2.45, 2.75) is 20.4 Å². The van der Waals surface area contributed by atoms with Crippen LogP contribution in [-0.4, -0.2) is 32.6 Å². The van der Waals surface area contributed by atoms with Crippen LogP contribution >= 0.6 is 11.6 Å². The molecule has 32 heavy (non-hydrogen) atoms. The average molecular weight is 454 g/mol. The van der Waals surface area contributed by atoms with Crippen molar-refractivity contribution >= 4 is 23.2 Å². The van der Waals surface area contributed by atoms with Crippen LogP contribution in [0.15, 0.2) is 57.9 Å². The van der Waals surface area contributed by atoms with Crippen LogP contribution < -0.4 is 15.8 Å². The number of halogens is 1. The lowest BCUT2D eigenvalue weighted by molar-refractivity contribution is -0.117. The number of carbonyl (C=O) groups excluding carboxylic acids is 1. The Morgan fingerprint density at radius 1 is 1.22 bits per heavy atom. The fourth-order valence-electron chi connectivity index (χ4n) is 3.22. The summed E-state index contributed by atoms with van der Waals surface area (Å²) in [5.74, 6) is -0.724. The molecule has 2 aromatic carbocycles. The van der Waals surface area contributed by atoms with Gasteiger partial charge in [0, 0.05) is 11.1 Å². The molecule has 1 N–H and O–H groups in total. The highest BCUT2D eigenvalue weighted by Gasteiger charge is 2.19. The van der Waals surface area contributed by atoms with Gasteiger partial charge in [-0.15, -0.1) is 5.10 Å². The molecule has 0 saturated heterocycles. The van der Waals surface area contributed by atoms with E-state index in [1.54, 1.807) is 23.0 Å². The highest BCUT2D eigenvalue weighted by atomic mass is 35.5. The fourth-order valence-corrected chi connectivity index (χ4v) is 3.37. The first-order valence-corrected chi connectivity index (χ1v) is 10.1. The van der Waals surface area contributed by atoms with Gasteiger partial charge in [0.05, 0.1) is 35.9 Å². The molecule has 0 bridgehead atoms. The van der Waals surface area contributed by atoms with Crippen molar-refractivity contribution in [2.24, 2.45) is 0 Å². The van der Waals surface area contributed by atoms with E-state index in [9.17, 15) is 9.59 Å². The molecule has 0 saturated carbocycles. The molecule has 164 valence electrons. The number of methoxy groups -OCH3 is 1. The Morgan fingerprint density at radius 3 is 2.69 bits per heavy atom. The van der Waals surface area contributed by atoms with Crippen molar-refractivity contribution in [2.75, 3.05) is 12.4 Å². The zero-order chi connectivity index (χ0) is 22.8. The maximum absolute atomic E-state index is 12.5. The number of para-hydroxylation sites is 1. The maximum atomic E-state index is 12.5. The molecule has 10 heteroatoms. The Bertz CT molecular complexity index is 1340. The van der Waals surface area contributed by atoms with Gasteiger partial charge in [-0.25, -0.2) is 9.48 Å². The molecule has 4 aromatic rings. The number of aryl methyl sites for hydroxylation is 1. The Balaban J connectivity index is 1.55. The van der Waals surface area contributed by atoms with Gasteiger partial charge in [-0.3, -0.25) is 4.79 Å². The van der Waals surface area contributed by atoms with Crippen molar-refractivity contribution in [1.29, 1.82) is 0 Å². The van der Waals surface area contributed by atoms with Crippen molar-refractivity contribution in [3.05, 3.63) is 75.5 Å². The number of ether oxygens (including phenoxy) is 1. The molecule has 9 nitrogen and oxygen atoms in total. The van der Waals surface area contributed by atoms with Gasteiger partial charge in [0.25, 0.3) is 5.89 Å². The van der Waals surface area contributed by atoms with Crippen LogP contribution in [-0.2, 0) is 11.3 Å². The van der Waals surface area contributed by atoms with Gasteiger partial charge in [0.2, 0.25) is 5.91 Å². The summed E-state index contributed by atoms with van der Waals surface area (Å²) in [4.78, 5) is 24.8. The highest BCUT2D eigenvalue weighted by Crippen LogP contribution is 2.31. The minimum Gasteiger partial charge on any atom is -0.495 e. The summed E-state index contributed by atoms with van der Waals surface area (Å²) < 4.78 is 13.2. The SMILES string of the molecule is COc1cc(Cl)c(C)cc1NC(=O)Cn1nc(-c2cnn(-c3ccccc3)c2C)oc1=O. The molecule has 2 heterocycles. The summed E-state index contributed by atoms with van der Waals surface area (Å²) >= 11 is 6.10. The van der Waals surface area contributed by atoms with Gasteiger partial charge in [0.15, 0.2) is 0 Å². The van der Waals surface area contributed by atoms with Crippen LogP contribution in [0.5, 0.6) is 5.75 Å². The summed E-state index contributed by atoms with van der Waals surface area (Å²) in [6, 6.07) is 12.8. The summed E-state index contributed by atoms with van der Waals surface area (Å²) in [6.45, 7) is 3.32. The minimum absolute atomic E-state index is 0.0856. The number of aromatic nitrogens is 4. The minimum atomic E-state index is -0.749. The number of hydrogen-bond donors (Lipinski definition) is 1. The molecule has 0 aliphatic rings. The smallest absolute Gasteiger partial charge is 0.437 e. The first-order chi connectivity index (χ1) is 15.4. The lowest BCUT2D eigenvalue weighted by atomic mass is 10.2. The molecule has 1 amide bonds. The van der Waals surface area contributed by atoms with Crippen LogP contribution in [0.3, 0.4) is 0 Å². The Hall–Kier alpha value is -3.85. The first-order valence-electron chi connectivity index (χ1n) is 9.69. The maximum Gasteiger partial charge on any atom is 0.437 e. The quantitative estimate of drug-likeness (QED) is 0.478. The van der Waals surface area contributed by atoms with Crippen molar-refractivity contribution < 1.29 is 13.9 Å². The number of carbonyl (C=O) groups is 1. The van der Waals surface area contributed by atoms with E-state index in [4.69, 9.17) is 20.8 Å². The van der Waals surface area contributed by atoms with Gasteiger partial charge in [0.1, 0.15) is 12.3 Å². The zero-order valence-corrected chi connectivity index (χ0v) is 18.4. The van der Waals surface area contributed by atoms with Gasteiger partial charge in [-0.2, -0.15) is 9.78 Å². The van der Waals surface area contributed by atoms with Gasteiger partial charge in [-0.05, 0) is 37.6 Å². The van der Waals surface area contributed by atoms with Gasteiger partial charge in [-0.1, -0.05) is 29.8 Å². The van der Waals surface area contributed by atoms with E-state index >= 15 is 0 Å². The largest absolute Gasteiger partial charge is 0.495 e. The Labute approximate surface area is 188 Å². The number of nitrogens with zero attached hydrogens (tertiary/aromatic N) is 4. The molecular weight excluding hydrogens is 434 g/mol. The third-order valence-corrected chi connectivity index (χ3v) is 5.30. The monoisotopic (exact) mass is 453 g/mol. The standard InChI is InChI=1S/C22H20ClN5O4/c1-13-9-18(19(31-3)10-17(13)23)25-20(29)12-27-22(30)32-21(26-27)16-11-24-28(14(16)2)15-7-5-4-6-8-15/h4-11H,12H2,1-3H3,(H,25,29). The predicted octanol–water partition coefficient (Wildman–Crippen LogP) is 3.61. The normalized spacial score (nSPS) is 10.9. The summed E-state index contributed by atoms with van der Waals surface area (Å²) in [5.41, 5.74) is 3.38. The molecule has 0 radical (unpaired) electrons. The number of anilines is 1. The second kappa shape index (κ2) is 8.72. The number of rotatable bonds is 6. The van der Waals surface area contributed by atoms with Crippen molar-refractivity contribution in [3.8, 4) is 22.9 Å². The summed E-state index contributed by atoms with van der Waals surface area (Å²) in [5, 5.41) is 11.8. The molecule has 2 aromatic heterocycles. The van der Waals surface area contributed by atoms with E-state index in [0.717, 1.165) is 21.6 Å². The Kier molecular flexibility index (Phi) is 5.83. The van der Waals surface area contributed by atoms with Gasteiger partial charge < -0.3 is 14.5 Å². The van der Waals surface area contributed by atoms with Crippen LogP contribution in [0.2, 0.25) is 5.02 Å². The molecule has 0 unspecified atom stereocenters. The third kappa shape index (κ3) is 4.15. The number of benzene rings is 2. The van der Waals surface area contributed by atoms with Crippen molar-refractivity contribution in [1.82, 2.24) is 19.6 Å². The van der Waals surface area contributed by atoms with Gasteiger partial charge >= 0.3 is 5.76 Å². The van der Waals surface area contributed by atoms with Crippen LogP contribution in [0.1, 0.15) is 11.3 Å². The number of hydrogen-bond acceptors (Lipinski definition) is 6. The van der Waals surface area contributed by atoms with E-state index in [2.05, 4.69) is 15.5 Å². The van der Waals surface area contributed by atoms with E-state index in [1.807, 2.05) is 44.2 Å². The van der Waals surface area contributed by atoms with Crippen LogP contribution in [0.4, 0.5) is 5.69 Å². The average Bonchev–Trinajstić information content (AvgIpc) is 3.33. The van der Waals surface area contributed by atoms with E-state index < -0.39 is 11.7 Å². The topological polar surface area (TPSA) is 104 Å². The zero-order valence-electron chi connectivity index (χ0n) is 17.6. The lowest BCUT2D eigenvalue weighted by Crippen LogP contribution is -2.26. The lowest BCUT2D eigenvalue weighted by Gasteiger charge is -2.12. The van der Waals surface area contributed by atoms with E-state index in [0.29, 0.717) is 22.0 Å². The highest BCUT2D eigenvalue weighted by molar-refractivity contribution is 6.31. The number of amides is 1. The molecule has 0 aliphatic heterocycles. The summed E-state index contributed by atoms with van der Waals surface area (Å²) in [7, 11) is 1.48. The van der Waals surface area contributed by atoms with Crippen molar-refractivity contribution in [3.63, 3.8) is 0 Å². The predicted molar refractivity (Wildman–Crippen MR) is 119 cm³/mol. The Morgan fingerprint density at radius 2 is 1.97 bits per heavy atom. The molecule has 0 aliphatic carbocycles. The molecule has 0 atom stereocenters. The van der Waals surface area contributed by atoms with Crippen LogP contribution in [0, 0.1) is 13.8 Å². The van der Waals surface area contributed by atoms with Crippen LogP contribution in [0.25, 0.3) is 17.1 Å². The van der Waals surface area contributed by atoms with E-state index in [1.165, 1.54) is 7.11 Å². The molecule has 4 rings (SSSR count). The number of nitrogens with one attached hydrogen (secondary N) is 1. The van der Waals surface area contributed by atoms with E-state index in [-0.39, 0.29) is 12.4 Å². The molecule has 0 fully saturated rings. The third-order valence-electron chi connectivity index (χ3n) is 4.90. The fraction of sp³-hybridized carbons (Fsp3) is 0.182. The first kappa shape index (κ1) is 21.4. The second-order valence-corrected chi connectivity index (χ2v) is 7.48.